The first-order chi connectivity index (χ1) is 24.8. The van der Waals surface area contributed by atoms with Gasteiger partial charge in [0.1, 0.15) is 0 Å². The molecule has 2 heteroatoms. The van der Waals surface area contributed by atoms with Crippen molar-refractivity contribution in [2.75, 3.05) is 0 Å². The fourth-order valence-electron chi connectivity index (χ4n) is 7.77. The summed E-state index contributed by atoms with van der Waals surface area (Å²) in [4.78, 5) is 0. The van der Waals surface area contributed by atoms with Crippen LogP contribution in [0.1, 0.15) is 0 Å². The Morgan fingerprint density at radius 2 is 0.640 bits per heavy atom. The molecule has 0 aliphatic carbocycles. The Labute approximate surface area is 290 Å². The molecule has 0 spiro atoms. The van der Waals surface area contributed by atoms with Crippen LogP contribution in [-0.4, -0.2) is 9.13 Å². The number of nitrogens with zero attached hydrogens (tertiary/aromatic N) is 2. The van der Waals surface area contributed by atoms with E-state index in [0.717, 1.165) is 11.4 Å². The summed E-state index contributed by atoms with van der Waals surface area (Å²) in [6.07, 6.45) is 0. The van der Waals surface area contributed by atoms with Gasteiger partial charge in [-0.05, 0) is 94.0 Å². The molecule has 8 aromatic carbocycles. The zero-order chi connectivity index (χ0) is 33.0. The van der Waals surface area contributed by atoms with Crippen LogP contribution in [-0.2, 0) is 0 Å². The maximum Gasteiger partial charge on any atom is 0.0541 e. The highest BCUT2D eigenvalue weighted by Crippen LogP contribution is 2.37. The Kier molecular flexibility index (Phi) is 6.53. The molecule has 2 heterocycles. The Balaban J connectivity index is 1.05. The average molecular weight is 637 g/mol. The summed E-state index contributed by atoms with van der Waals surface area (Å²) in [5, 5.41) is 5.06. The van der Waals surface area contributed by atoms with Crippen molar-refractivity contribution in [1.82, 2.24) is 9.13 Å². The first kappa shape index (κ1) is 28.4. The number of aromatic nitrogens is 2. The second kappa shape index (κ2) is 11.5. The quantitative estimate of drug-likeness (QED) is 0.178. The molecule has 0 saturated carbocycles. The molecule has 0 atom stereocenters. The molecule has 2 aromatic heterocycles. The normalized spacial score (nSPS) is 11.6. The Morgan fingerprint density at radius 1 is 0.220 bits per heavy atom. The molecule has 0 saturated heterocycles. The van der Waals surface area contributed by atoms with Crippen LogP contribution in [0.3, 0.4) is 0 Å². The number of rotatable bonds is 5. The fourth-order valence-corrected chi connectivity index (χ4v) is 7.77. The molecule has 0 bridgehead atoms. The lowest BCUT2D eigenvalue weighted by molar-refractivity contribution is 1.18. The van der Waals surface area contributed by atoms with E-state index >= 15 is 0 Å². The van der Waals surface area contributed by atoms with Crippen molar-refractivity contribution in [1.29, 1.82) is 0 Å². The van der Waals surface area contributed by atoms with E-state index < -0.39 is 0 Å². The van der Waals surface area contributed by atoms with Crippen molar-refractivity contribution in [2.24, 2.45) is 0 Å². The molecule has 0 radical (unpaired) electrons. The number of hydrogen-bond acceptors (Lipinski definition) is 0. The molecule has 0 N–H and O–H groups in total. The van der Waals surface area contributed by atoms with Gasteiger partial charge in [-0.1, -0.05) is 133 Å². The molecule has 10 rings (SSSR count). The van der Waals surface area contributed by atoms with Gasteiger partial charge in [-0.15, -0.1) is 0 Å². The van der Waals surface area contributed by atoms with Crippen molar-refractivity contribution >= 4 is 43.6 Å². The highest BCUT2D eigenvalue weighted by Gasteiger charge is 2.15. The monoisotopic (exact) mass is 636 g/mol. The Morgan fingerprint density at radius 3 is 1.30 bits per heavy atom. The minimum atomic E-state index is 1.15. The van der Waals surface area contributed by atoms with E-state index in [1.807, 2.05) is 0 Å². The van der Waals surface area contributed by atoms with Crippen LogP contribution in [0.25, 0.3) is 88.4 Å². The molecule has 0 amide bonds. The van der Waals surface area contributed by atoms with Crippen LogP contribution in [0.4, 0.5) is 0 Å². The summed E-state index contributed by atoms with van der Waals surface area (Å²) in [5.74, 6) is 0. The molecule has 0 aliphatic rings. The van der Waals surface area contributed by atoms with Crippen LogP contribution in [0.2, 0.25) is 0 Å². The predicted octanol–water partition coefficient (Wildman–Crippen LogP) is 12.9. The fraction of sp³-hybridized carbons (Fsp3) is 0. The van der Waals surface area contributed by atoms with E-state index in [1.165, 1.54) is 77.0 Å². The average Bonchev–Trinajstić information content (AvgIpc) is 3.71. The minimum Gasteiger partial charge on any atom is -0.309 e. The summed E-state index contributed by atoms with van der Waals surface area (Å²) < 4.78 is 4.78. The smallest absolute Gasteiger partial charge is 0.0541 e. The van der Waals surface area contributed by atoms with Crippen LogP contribution < -0.4 is 0 Å². The van der Waals surface area contributed by atoms with E-state index in [2.05, 4.69) is 203 Å². The maximum absolute atomic E-state index is 2.41. The van der Waals surface area contributed by atoms with E-state index in [1.54, 1.807) is 0 Å². The highest BCUT2D eigenvalue weighted by atomic mass is 15.0. The highest BCUT2D eigenvalue weighted by molar-refractivity contribution is 6.11. The molecule has 10 aromatic rings. The van der Waals surface area contributed by atoms with Gasteiger partial charge in [-0.25, -0.2) is 0 Å². The lowest BCUT2D eigenvalue weighted by Gasteiger charge is -2.12. The van der Waals surface area contributed by atoms with Crippen molar-refractivity contribution in [3.63, 3.8) is 0 Å². The van der Waals surface area contributed by atoms with Gasteiger partial charge in [0.05, 0.1) is 22.1 Å². The first-order valence-corrected chi connectivity index (χ1v) is 17.2. The molecule has 50 heavy (non-hydrogen) atoms. The van der Waals surface area contributed by atoms with Gasteiger partial charge >= 0.3 is 0 Å². The van der Waals surface area contributed by atoms with Crippen LogP contribution in [0.5, 0.6) is 0 Å². The van der Waals surface area contributed by atoms with E-state index in [9.17, 15) is 0 Å². The Hall–Kier alpha value is -6.64. The van der Waals surface area contributed by atoms with Crippen LogP contribution in [0, 0.1) is 0 Å². The number of para-hydroxylation sites is 3. The minimum absolute atomic E-state index is 1.15. The van der Waals surface area contributed by atoms with E-state index in [0.29, 0.717) is 0 Å². The van der Waals surface area contributed by atoms with Gasteiger partial charge in [0.15, 0.2) is 0 Å². The zero-order valence-electron chi connectivity index (χ0n) is 27.4. The third-order valence-electron chi connectivity index (χ3n) is 10.1. The van der Waals surface area contributed by atoms with Crippen molar-refractivity contribution in [3.05, 3.63) is 194 Å². The lowest BCUT2D eigenvalue weighted by atomic mass is 9.99. The topological polar surface area (TPSA) is 9.86 Å². The summed E-state index contributed by atoms with van der Waals surface area (Å²) in [7, 11) is 0. The summed E-state index contributed by atoms with van der Waals surface area (Å²) in [6.45, 7) is 0. The Bertz CT molecular complexity index is 2800. The molecule has 234 valence electrons. The van der Waals surface area contributed by atoms with Crippen molar-refractivity contribution in [3.8, 4) is 44.8 Å². The SMILES string of the molecule is c1ccc(-c2cccc(-c3cccc(-n4c5ccccc5c5cc(-c6ccc(-n7c8ccccc8c8ccccc87)cc6)ccc54)c3)c2)cc1. The largest absolute Gasteiger partial charge is 0.309 e. The van der Waals surface area contributed by atoms with Gasteiger partial charge < -0.3 is 9.13 Å². The van der Waals surface area contributed by atoms with E-state index in [4.69, 9.17) is 0 Å². The third-order valence-corrected chi connectivity index (χ3v) is 10.1. The van der Waals surface area contributed by atoms with Crippen molar-refractivity contribution in [2.45, 2.75) is 0 Å². The van der Waals surface area contributed by atoms with Gasteiger partial charge in [0.2, 0.25) is 0 Å². The van der Waals surface area contributed by atoms with Crippen LogP contribution >= 0.6 is 0 Å². The van der Waals surface area contributed by atoms with Gasteiger partial charge in [-0.2, -0.15) is 0 Å². The summed E-state index contributed by atoms with van der Waals surface area (Å²) >= 11 is 0. The predicted molar refractivity (Wildman–Crippen MR) is 211 cm³/mol. The third kappa shape index (κ3) is 4.57. The summed E-state index contributed by atoms with van der Waals surface area (Å²) in [6, 6.07) is 70.4. The van der Waals surface area contributed by atoms with Crippen LogP contribution in [0.15, 0.2) is 194 Å². The zero-order valence-corrected chi connectivity index (χ0v) is 27.4. The van der Waals surface area contributed by atoms with Gasteiger partial charge in [0.25, 0.3) is 0 Å². The maximum atomic E-state index is 2.41. The standard InChI is InChI=1S/C48H32N2/c1-2-12-33(13-3-1)35-14-10-15-36(30-35)37-16-11-17-40(31-37)50-47-23-9-6-20-43(47)44-32-38(26-29-48(44)50)34-24-27-39(28-25-34)49-45-21-7-4-18-41(45)42-19-5-8-22-46(42)49/h1-32H. The molecule has 0 unspecified atom stereocenters. The molecule has 2 nitrogen and oxygen atoms in total. The first-order valence-electron chi connectivity index (χ1n) is 17.2. The summed E-state index contributed by atoms with van der Waals surface area (Å²) in [5.41, 5.74) is 14.4. The second-order valence-corrected chi connectivity index (χ2v) is 13.0. The van der Waals surface area contributed by atoms with Gasteiger partial charge in [-0.3, -0.25) is 0 Å². The number of hydrogen-bond donors (Lipinski definition) is 0. The van der Waals surface area contributed by atoms with E-state index in [-0.39, 0.29) is 0 Å². The molecule has 0 aliphatic heterocycles. The lowest BCUT2D eigenvalue weighted by Crippen LogP contribution is -1.94. The second-order valence-electron chi connectivity index (χ2n) is 13.0. The number of benzene rings is 8. The molecule has 0 fully saturated rings. The molecular formula is C48H32N2. The molecular weight excluding hydrogens is 605 g/mol. The van der Waals surface area contributed by atoms with Gasteiger partial charge in [0, 0.05) is 32.9 Å². The van der Waals surface area contributed by atoms with Crippen molar-refractivity contribution < 1.29 is 0 Å². The number of fused-ring (bicyclic) bond motifs is 6.